The summed E-state index contributed by atoms with van der Waals surface area (Å²) in [6, 6.07) is 8.13. The van der Waals surface area contributed by atoms with Crippen molar-refractivity contribution in [1.82, 2.24) is 13.9 Å². The summed E-state index contributed by atoms with van der Waals surface area (Å²) < 4.78 is 29.0. The zero-order chi connectivity index (χ0) is 16.6. The Morgan fingerprint density at radius 1 is 1.26 bits per heavy atom. The molecule has 0 radical (unpaired) electrons. The zero-order valence-corrected chi connectivity index (χ0v) is 14.6. The van der Waals surface area contributed by atoms with E-state index in [1.165, 1.54) is 15.4 Å². The average molecular weight is 333 g/mol. The number of hydrogen-bond acceptors (Lipinski definition) is 3. The number of hydrogen-bond donors (Lipinski definition) is 0. The quantitative estimate of drug-likeness (QED) is 0.844. The number of fused-ring (bicyclic) bond motifs is 1. The molecular formula is C17H23N3O2S. The molecule has 1 aliphatic rings. The molecule has 0 bridgehead atoms. The third kappa shape index (κ3) is 3.19. The second-order valence-electron chi connectivity index (χ2n) is 6.65. The van der Waals surface area contributed by atoms with Crippen molar-refractivity contribution in [1.29, 1.82) is 0 Å². The number of benzene rings is 1. The summed E-state index contributed by atoms with van der Waals surface area (Å²) in [6.07, 6.45) is 4.76. The monoisotopic (exact) mass is 333 g/mol. The number of aromatic nitrogens is 2. The lowest BCUT2D eigenvalue weighted by Gasteiger charge is -2.22. The van der Waals surface area contributed by atoms with Crippen LogP contribution in [0.5, 0.6) is 0 Å². The second-order valence-corrected chi connectivity index (χ2v) is 8.60. The summed E-state index contributed by atoms with van der Waals surface area (Å²) in [5.41, 5.74) is 2.48. The fourth-order valence-electron chi connectivity index (χ4n) is 3.13. The summed E-state index contributed by atoms with van der Waals surface area (Å²) in [6.45, 7) is 4.95. The highest BCUT2D eigenvalue weighted by Gasteiger charge is 2.33. The summed E-state index contributed by atoms with van der Waals surface area (Å²) in [4.78, 5) is 4.12. The lowest BCUT2D eigenvalue weighted by molar-refractivity contribution is 0.376. The van der Waals surface area contributed by atoms with Crippen LogP contribution in [0.25, 0.3) is 0 Å². The molecule has 0 spiro atoms. The Kier molecular flexibility index (Phi) is 4.29. The molecule has 0 saturated carbocycles. The maximum Gasteiger partial charge on any atom is 0.262 e. The van der Waals surface area contributed by atoms with E-state index in [1.54, 1.807) is 19.6 Å². The van der Waals surface area contributed by atoms with Gasteiger partial charge in [-0.15, -0.1) is 0 Å². The Balaban J connectivity index is 1.79. The zero-order valence-electron chi connectivity index (χ0n) is 13.8. The van der Waals surface area contributed by atoms with Crippen LogP contribution in [0.15, 0.2) is 41.8 Å². The third-order valence-corrected chi connectivity index (χ3v) is 6.17. The van der Waals surface area contributed by atoms with Gasteiger partial charge in [0, 0.05) is 25.8 Å². The molecule has 0 unspecified atom stereocenters. The van der Waals surface area contributed by atoms with E-state index in [2.05, 4.69) is 31.0 Å². The van der Waals surface area contributed by atoms with Gasteiger partial charge in [0.1, 0.15) is 0 Å². The van der Waals surface area contributed by atoms with Crippen molar-refractivity contribution in [3.8, 4) is 0 Å². The highest BCUT2D eigenvalue weighted by atomic mass is 32.2. The van der Waals surface area contributed by atoms with Gasteiger partial charge in [0.05, 0.1) is 6.33 Å². The molecule has 23 heavy (non-hydrogen) atoms. The molecule has 0 amide bonds. The minimum absolute atomic E-state index is 0.0346. The van der Waals surface area contributed by atoms with Crippen molar-refractivity contribution in [3.63, 3.8) is 0 Å². The van der Waals surface area contributed by atoms with E-state index in [9.17, 15) is 8.42 Å². The van der Waals surface area contributed by atoms with Crippen LogP contribution in [0.3, 0.4) is 0 Å². The minimum Gasteiger partial charge on any atom is -0.336 e. The molecule has 0 N–H and O–H groups in total. The molecule has 1 aliphatic carbocycles. The lowest BCUT2D eigenvalue weighted by atomic mass is 10.1. The van der Waals surface area contributed by atoms with Crippen LogP contribution in [0.2, 0.25) is 0 Å². The van der Waals surface area contributed by atoms with Crippen molar-refractivity contribution in [2.45, 2.75) is 44.3 Å². The predicted molar refractivity (Wildman–Crippen MR) is 89.7 cm³/mol. The van der Waals surface area contributed by atoms with E-state index < -0.39 is 10.0 Å². The van der Waals surface area contributed by atoms with Crippen LogP contribution in [0.4, 0.5) is 0 Å². The Hall–Kier alpha value is -1.66. The van der Waals surface area contributed by atoms with Gasteiger partial charge in [0.25, 0.3) is 10.0 Å². The van der Waals surface area contributed by atoms with Crippen molar-refractivity contribution < 1.29 is 8.42 Å². The molecule has 5 nitrogen and oxygen atoms in total. The number of rotatable bonds is 5. The van der Waals surface area contributed by atoms with Gasteiger partial charge in [-0.05, 0) is 29.9 Å². The summed E-state index contributed by atoms with van der Waals surface area (Å²) >= 11 is 0. The van der Waals surface area contributed by atoms with Crippen LogP contribution < -0.4 is 0 Å². The largest absolute Gasteiger partial charge is 0.336 e. The van der Waals surface area contributed by atoms with Crippen LogP contribution in [0, 0.1) is 5.92 Å². The SMILES string of the molecule is CC(C)Cn1cnc(S(=O)(=O)N(C)C2Cc3ccccc3C2)c1. The normalized spacial score (nSPS) is 15.5. The van der Waals surface area contributed by atoms with Crippen LogP contribution in [-0.4, -0.2) is 35.4 Å². The first-order chi connectivity index (χ1) is 10.9. The minimum atomic E-state index is -3.55. The number of likely N-dealkylation sites (N-methyl/N-ethyl adjacent to an activating group) is 1. The molecule has 124 valence electrons. The van der Waals surface area contributed by atoms with E-state index in [-0.39, 0.29) is 11.1 Å². The van der Waals surface area contributed by atoms with Crippen molar-refractivity contribution in [3.05, 3.63) is 47.9 Å². The second kappa shape index (κ2) is 6.09. The molecule has 1 heterocycles. The fraction of sp³-hybridized carbons (Fsp3) is 0.471. The van der Waals surface area contributed by atoms with Gasteiger partial charge in [0.2, 0.25) is 0 Å². The number of imidazole rings is 1. The van der Waals surface area contributed by atoms with Crippen molar-refractivity contribution >= 4 is 10.0 Å². The Bertz CT molecular complexity index is 771. The van der Waals surface area contributed by atoms with E-state index in [0.717, 1.165) is 19.4 Å². The highest BCUT2D eigenvalue weighted by molar-refractivity contribution is 7.89. The molecular weight excluding hydrogens is 310 g/mol. The topological polar surface area (TPSA) is 55.2 Å². The Morgan fingerprint density at radius 3 is 2.43 bits per heavy atom. The number of nitrogens with zero attached hydrogens (tertiary/aromatic N) is 3. The molecule has 0 aliphatic heterocycles. The molecule has 3 rings (SSSR count). The van der Waals surface area contributed by atoms with Gasteiger partial charge in [0.15, 0.2) is 5.03 Å². The first-order valence-corrected chi connectivity index (χ1v) is 9.38. The first kappa shape index (κ1) is 16.2. The van der Waals surface area contributed by atoms with Crippen LogP contribution in [-0.2, 0) is 29.4 Å². The van der Waals surface area contributed by atoms with Gasteiger partial charge < -0.3 is 4.57 Å². The molecule has 2 aromatic rings. The lowest BCUT2D eigenvalue weighted by Crippen LogP contribution is -2.37. The van der Waals surface area contributed by atoms with Gasteiger partial charge in [-0.2, -0.15) is 4.31 Å². The molecule has 1 aromatic carbocycles. The first-order valence-electron chi connectivity index (χ1n) is 7.94. The average Bonchev–Trinajstić information content (AvgIpc) is 3.12. The third-order valence-electron chi connectivity index (χ3n) is 4.37. The summed E-state index contributed by atoms with van der Waals surface area (Å²) in [5.74, 6) is 0.446. The molecule has 1 aromatic heterocycles. The maximum absolute atomic E-state index is 12.8. The van der Waals surface area contributed by atoms with E-state index in [0.29, 0.717) is 5.92 Å². The summed E-state index contributed by atoms with van der Waals surface area (Å²) in [5, 5.41) is 0.136. The van der Waals surface area contributed by atoms with Crippen LogP contribution in [0.1, 0.15) is 25.0 Å². The molecule has 0 fully saturated rings. The molecule has 0 saturated heterocycles. The standard InChI is InChI=1S/C17H23N3O2S/c1-13(2)10-20-11-17(18-12-20)23(21,22)19(3)16-8-14-6-4-5-7-15(14)9-16/h4-7,11-13,16H,8-10H2,1-3H3. The maximum atomic E-state index is 12.8. The Morgan fingerprint density at radius 2 is 1.87 bits per heavy atom. The molecule has 0 atom stereocenters. The fourth-order valence-corrected chi connectivity index (χ4v) is 4.42. The smallest absolute Gasteiger partial charge is 0.262 e. The van der Waals surface area contributed by atoms with E-state index in [4.69, 9.17) is 0 Å². The predicted octanol–water partition coefficient (Wildman–Crippen LogP) is 2.33. The van der Waals surface area contributed by atoms with Gasteiger partial charge in [-0.3, -0.25) is 0 Å². The van der Waals surface area contributed by atoms with E-state index >= 15 is 0 Å². The summed E-state index contributed by atoms with van der Waals surface area (Å²) in [7, 11) is -1.89. The van der Waals surface area contributed by atoms with Gasteiger partial charge in [-0.25, -0.2) is 13.4 Å². The van der Waals surface area contributed by atoms with Gasteiger partial charge >= 0.3 is 0 Å². The van der Waals surface area contributed by atoms with Gasteiger partial charge in [-0.1, -0.05) is 38.1 Å². The molecule has 6 heteroatoms. The van der Waals surface area contributed by atoms with Crippen molar-refractivity contribution in [2.75, 3.05) is 7.05 Å². The van der Waals surface area contributed by atoms with Crippen molar-refractivity contribution in [2.24, 2.45) is 5.92 Å². The Labute approximate surface area is 138 Å². The number of sulfonamides is 1. The van der Waals surface area contributed by atoms with Crippen LogP contribution >= 0.6 is 0 Å². The van der Waals surface area contributed by atoms with E-state index in [1.807, 2.05) is 16.7 Å². The highest BCUT2D eigenvalue weighted by Crippen LogP contribution is 2.27.